The first-order chi connectivity index (χ1) is 13.7. The quantitative estimate of drug-likeness (QED) is 0.527. The number of anilines is 1. The summed E-state index contributed by atoms with van der Waals surface area (Å²) in [5, 5.41) is 11.5. The molecule has 3 aromatic rings. The summed E-state index contributed by atoms with van der Waals surface area (Å²) in [7, 11) is 3.13. The number of H-pyrrole nitrogens is 1. The van der Waals surface area contributed by atoms with Gasteiger partial charge in [0.15, 0.2) is 10.3 Å². The van der Waals surface area contributed by atoms with Crippen LogP contribution in [0, 0.1) is 4.77 Å². The maximum absolute atomic E-state index is 12.4. The lowest BCUT2D eigenvalue weighted by atomic mass is 10.2. The Labute approximate surface area is 168 Å². The molecule has 150 valence electrons. The molecule has 0 aliphatic heterocycles. The smallest absolute Gasteiger partial charge is 0.335 e. The zero-order valence-electron chi connectivity index (χ0n) is 15.6. The van der Waals surface area contributed by atoms with Crippen LogP contribution in [0.4, 0.5) is 5.69 Å². The molecule has 0 saturated carbocycles. The third-order valence-corrected chi connectivity index (χ3v) is 4.93. The van der Waals surface area contributed by atoms with E-state index < -0.39 is 17.1 Å². The molecule has 2 heterocycles. The van der Waals surface area contributed by atoms with Gasteiger partial charge >= 0.3 is 5.97 Å². The lowest BCUT2D eigenvalue weighted by Gasteiger charge is -2.09. The van der Waals surface area contributed by atoms with Crippen LogP contribution < -0.4 is 16.4 Å². The number of hydrogen-bond acceptors (Lipinski definition) is 6. The molecule has 29 heavy (non-hydrogen) atoms. The van der Waals surface area contributed by atoms with Gasteiger partial charge in [-0.3, -0.25) is 19.0 Å². The van der Waals surface area contributed by atoms with Gasteiger partial charge in [0, 0.05) is 32.6 Å². The summed E-state index contributed by atoms with van der Waals surface area (Å²) in [5.74, 6) is -1.44. The highest BCUT2D eigenvalue weighted by molar-refractivity contribution is 7.71. The van der Waals surface area contributed by atoms with Gasteiger partial charge in [0.1, 0.15) is 11.3 Å². The lowest BCUT2D eigenvalue weighted by Crippen LogP contribution is -2.28. The first-order valence-electron chi connectivity index (χ1n) is 8.51. The molecule has 0 saturated heterocycles. The second-order valence-corrected chi connectivity index (χ2v) is 6.71. The number of carboxylic acid groups (broad SMARTS) is 1. The summed E-state index contributed by atoms with van der Waals surface area (Å²) in [6.07, 6.45) is -0.0271. The van der Waals surface area contributed by atoms with E-state index in [0.29, 0.717) is 5.69 Å². The van der Waals surface area contributed by atoms with E-state index in [1.165, 1.54) is 40.4 Å². The van der Waals surface area contributed by atoms with Gasteiger partial charge in [0.05, 0.1) is 5.56 Å². The number of carbonyl (C=O) groups excluding carboxylic acids is 1. The van der Waals surface area contributed by atoms with Crippen molar-refractivity contribution in [2.24, 2.45) is 14.1 Å². The van der Waals surface area contributed by atoms with Crippen LogP contribution in [0.2, 0.25) is 0 Å². The Bertz CT molecular complexity index is 1300. The first-order valence-corrected chi connectivity index (χ1v) is 8.92. The molecule has 0 radical (unpaired) electrons. The number of nitrogens with one attached hydrogen (secondary N) is 2. The van der Waals surface area contributed by atoms with Crippen LogP contribution in [-0.2, 0) is 25.3 Å². The average molecular weight is 415 g/mol. The molecular weight excluding hydrogens is 398 g/mol. The van der Waals surface area contributed by atoms with Crippen molar-refractivity contribution >= 4 is 40.9 Å². The van der Waals surface area contributed by atoms with Crippen molar-refractivity contribution in [2.75, 3.05) is 5.32 Å². The highest BCUT2D eigenvalue weighted by atomic mass is 32.1. The Kier molecular flexibility index (Phi) is 5.41. The molecule has 1 aromatic carbocycles. The van der Waals surface area contributed by atoms with E-state index >= 15 is 0 Å². The number of aromatic amines is 1. The minimum absolute atomic E-state index is 0.0206. The van der Waals surface area contributed by atoms with Crippen LogP contribution in [0.3, 0.4) is 0 Å². The summed E-state index contributed by atoms with van der Waals surface area (Å²) in [5.41, 5.74) is -0.0788. The van der Waals surface area contributed by atoms with Gasteiger partial charge < -0.3 is 20.0 Å². The van der Waals surface area contributed by atoms with Gasteiger partial charge in [0.25, 0.3) is 11.1 Å². The molecule has 10 nitrogen and oxygen atoms in total. The van der Waals surface area contributed by atoms with Crippen molar-refractivity contribution in [3.05, 3.63) is 61.0 Å². The van der Waals surface area contributed by atoms with Gasteiger partial charge in [-0.1, -0.05) is 0 Å². The van der Waals surface area contributed by atoms with Crippen molar-refractivity contribution < 1.29 is 14.7 Å². The lowest BCUT2D eigenvalue weighted by molar-refractivity contribution is -0.116. The van der Waals surface area contributed by atoms with E-state index in [1.807, 2.05) is 0 Å². The van der Waals surface area contributed by atoms with Gasteiger partial charge in [-0.25, -0.2) is 9.78 Å². The Morgan fingerprint density at radius 1 is 1.17 bits per heavy atom. The second-order valence-electron chi connectivity index (χ2n) is 6.35. The van der Waals surface area contributed by atoms with E-state index in [0.717, 1.165) is 0 Å². The molecular formula is C18H17N5O5S. The zero-order valence-corrected chi connectivity index (χ0v) is 16.4. The van der Waals surface area contributed by atoms with E-state index in [-0.39, 0.29) is 45.9 Å². The van der Waals surface area contributed by atoms with Crippen molar-refractivity contribution in [3.8, 4) is 0 Å². The summed E-state index contributed by atoms with van der Waals surface area (Å²) in [6, 6.07) is 5.69. The second kappa shape index (κ2) is 7.80. The minimum atomic E-state index is -1.06. The highest BCUT2D eigenvalue weighted by Crippen LogP contribution is 2.10. The van der Waals surface area contributed by atoms with E-state index in [4.69, 9.17) is 17.3 Å². The molecule has 11 heteroatoms. The molecule has 0 aliphatic rings. The SMILES string of the molecule is Cn1c(=O)c2nc(CCC(=O)Nc3ccc(C(=O)O)cc3)c(=O)[nH]c2n(C)c1=S. The number of aryl methyl sites for hydroxylation is 2. The van der Waals surface area contributed by atoms with Gasteiger partial charge in [-0.15, -0.1) is 0 Å². The van der Waals surface area contributed by atoms with Crippen molar-refractivity contribution in [3.63, 3.8) is 0 Å². The summed E-state index contributed by atoms with van der Waals surface area (Å²) >= 11 is 5.15. The number of amides is 1. The maximum Gasteiger partial charge on any atom is 0.335 e. The summed E-state index contributed by atoms with van der Waals surface area (Å²) in [4.78, 5) is 54.5. The number of nitrogens with zero attached hydrogens (tertiary/aromatic N) is 3. The van der Waals surface area contributed by atoms with E-state index in [9.17, 15) is 19.2 Å². The summed E-state index contributed by atoms with van der Waals surface area (Å²) in [6.45, 7) is 0. The van der Waals surface area contributed by atoms with Crippen LogP contribution in [0.15, 0.2) is 33.9 Å². The molecule has 2 aromatic heterocycles. The number of fused-ring (bicyclic) bond motifs is 1. The topological polar surface area (TPSA) is 139 Å². The van der Waals surface area contributed by atoms with Crippen LogP contribution in [0.25, 0.3) is 11.2 Å². The van der Waals surface area contributed by atoms with Gasteiger partial charge in [-0.05, 0) is 36.5 Å². The molecule has 0 aliphatic carbocycles. The zero-order chi connectivity index (χ0) is 21.3. The van der Waals surface area contributed by atoms with Gasteiger partial charge in [-0.2, -0.15) is 0 Å². The maximum atomic E-state index is 12.4. The molecule has 0 unspecified atom stereocenters. The van der Waals surface area contributed by atoms with Crippen LogP contribution in [0.5, 0.6) is 0 Å². The predicted octanol–water partition coefficient (Wildman–Crippen LogP) is 0.959. The number of benzene rings is 1. The predicted molar refractivity (Wildman–Crippen MR) is 108 cm³/mol. The minimum Gasteiger partial charge on any atom is -0.478 e. The standard InChI is InChI=1S/C18H17N5O5S/c1-22-14-13(16(26)23(2)18(22)29)20-11(15(25)21-14)7-8-12(24)19-10-5-3-9(4-6-10)17(27)28/h3-6H,7-8H2,1-2H3,(H,19,24)(H,21,25)(H,27,28). The molecule has 0 fully saturated rings. The Balaban J connectivity index is 1.80. The fourth-order valence-electron chi connectivity index (χ4n) is 2.76. The van der Waals surface area contributed by atoms with Crippen LogP contribution in [-0.4, -0.2) is 36.1 Å². The van der Waals surface area contributed by atoms with Crippen molar-refractivity contribution in [1.29, 1.82) is 0 Å². The number of carbonyl (C=O) groups is 2. The largest absolute Gasteiger partial charge is 0.478 e. The molecule has 3 N–H and O–H groups in total. The Morgan fingerprint density at radius 3 is 2.45 bits per heavy atom. The fraction of sp³-hybridized carbons (Fsp3) is 0.222. The first kappa shape index (κ1) is 20.1. The van der Waals surface area contributed by atoms with E-state index in [1.54, 1.807) is 7.05 Å². The third kappa shape index (κ3) is 3.99. The number of aromatic carboxylic acids is 1. The fourth-order valence-corrected chi connectivity index (χ4v) is 2.93. The third-order valence-electron chi connectivity index (χ3n) is 4.39. The van der Waals surface area contributed by atoms with Crippen molar-refractivity contribution in [1.82, 2.24) is 19.1 Å². The summed E-state index contributed by atoms with van der Waals surface area (Å²) < 4.78 is 2.97. The number of rotatable bonds is 5. The highest BCUT2D eigenvalue weighted by Gasteiger charge is 2.14. The van der Waals surface area contributed by atoms with Crippen molar-refractivity contribution in [2.45, 2.75) is 12.8 Å². The molecule has 0 spiro atoms. The number of aromatic nitrogens is 4. The number of carboxylic acids is 1. The molecule has 1 amide bonds. The van der Waals surface area contributed by atoms with Crippen LogP contribution in [0.1, 0.15) is 22.5 Å². The normalized spacial score (nSPS) is 10.8. The average Bonchev–Trinajstić information content (AvgIpc) is 2.69. The molecule has 0 bridgehead atoms. The monoisotopic (exact) mass is 415 g/mol. The van der Waals surface area contributed by atoms with E-state index in [2.05, 4.69) is 15.3 Å². The molecule has 3 rings (SSSR count). The van der Waals surface area contributed by atoms with Gasteiger partial charge in [0.2, 0.25) is 5.91 Å². The Morgan fingerprint density at radius 2 is 1.83 bits per heavy atom. The Hall–Kier alpha value is -3.60. The number of hydrogen-bond donors (Lipinski definition) is 3. The van der Waals surface area contributed by atoms with Crippen LogP contribution >= 0.6 is 12.2 Å². The molecule has 0 atom stereocenters.